The molecule has 3 heteroatoms. The maximum atomic E-state index is 9.05. The average molecular weight is 212 g/mol. The van der Waals surface area contributed by atoms with Crippen LogP contribution in [0.3, 0.4) is 0 Å². The Hall–Kier alpha value is -0.120. The molecule has 2 fully saturated rings. The van der Waals surface area contributed by atoms with Crippen molar-refractivity contribution in [3.8, 4) is 0 Å². The lowest BCUT2D eigenvalue weighted by atomic mass is 9.85. The second-order valence-electron chi connectivity index (χ2n) is 5.07. The van der Waals surface area contributed by atoms with Crippen LogP contribution in [0.2, 0.25) is 0 Å². The molecule has 88 valence electrons. The summed E-state index contributed by atoms with van der Waals surface area (Å²) in [5.41, 5.74) is 0. The SMILES string of the molecule is OCCN(CC1CCC1)CC1CCCN1. The van der Waals surface area contributed by atoms with Gasteiger partial charge in [0, 0.05) is 25.7 Å². The molecule has 2 N–H and O–H groups in total. The molecule has 2 rings (SSSR count). The van der Waals surface area contributed by atoms with E-state index in [2.05, 4.69) is 10.2 Å². The van der Waals surface area contributed by atoms with Crippen LogP contribution in [0, 0.1) is 5.92 Å². The van der Waals surface area contributed by atoms with E-state index in [-0.39, 0.29) is 0 Å². The Morgan fingerprint density at radius 1 is 1.13 bits per heavy atom. The largest absolute Gasteiger partial charge is 0.395 e. The van der Waals surface area contributed by atoms with E-state index in [0.717, 1.165) is 19.0 Å². The average Bonchev–Trinajstić information content (AvgIpc) is 2.64. The summed E-state index contributed by atoms with van der Waals surface area (Å²) in [6.07, 6.45) is 6.85. The Bertz CT molecular complexity index is 176. The first-order valence-electron chi connectivity index (χ1n) is 6.45. The molecule has 15 heavy (non-hydrogen) atoms. The molecule has 0 bridgehead atoms. The van der Waals surface area contributed by atoms with Gasteiger partial charge in [0.25, 0.3) is 0 Å². The summed E-state index contributed by atoms with van der Waals surface area (Å²) in [6.45, 7) is 4.69. The Morgan fingerprint density at radius 2 is 2.00 bits per heavy atom. The van der Waals surface area contributed by atoms with Crippen LogP contribution >= 0.6 is 0 Å². The van der Waals surface area contributed by atoms with Gasteiger partial charge in [-0.3, -0.25) is 4.90 Å². The molecule has 2 aliphatic rings. The summed E-state index contributed by atoms with van der Waals surface area (Å²) >= 11 is 0. The molecule has 1 unspecified atom stereocenters. The van der Waals surface area contributed by atoms with Crippen molar-refractivity contribution in [3.63, 3.8) is 0 Å². The second-order valence-corrected chi connectivity index (χ2v) is 5.07. The number of aliphatic hydroxyl groups is 1. The molecule has 1 saturated heterocycles. The highest BCUT2D eigenvalue weighted by molar-refractivity contribution is 4.80. The van der Waals surface area contributed by atoms with Crippen LogP contribution in [-0.2, 0) is 0 Å². The lowest BCUT2D eigenvalue weighted by Crippen LogP contribution is -2.42. The van der Waals surface area contributed by atoms with Gasteiger partial charge in [0.2, 0.25) is 0 Å². The molecule has 1 aliphatic carbocycles. The quantitative estimate of drug-likeness (QED) is 0.684. The van der Waals surface area contributed by atoms with Gasteiger partial charge in [0.1, 0.15) is 0 Å². The van der Waals surface area contributed by atoms with Crippen molar-refractivity contribution in [1.29, 1.82) is 0 Å². The fourth-order valence-electron chi connectivity index (χ4n) is 2.66. The summed E-state index contributed by atoms with van der Waals surface area (Å²) in [5.74, 6) is 0.915. The number of nitrogens with zero attached hydrogens (tertiary/aromatic N) is 1. The minimum absolute atomic E-state index is 0.305. The first-order valence-corrected chi connectivity index (χ1v) is 6.45. The van der Waals surface area contributed by atoms with Crippen molar-refractivity contribution in [3.05, 3.63) is 0 Å². The van der Waals surface area contributed by atoms with Crippen LogP contribution in [0.1, 0.15) is 32.1 Å². The van der Waals surface area contributed by atoms with Crippen molar-refractivity contribution < 1.29 is 5.11 Å². The number of aliphatic hydroxyl groups excluding tert-OH is 1. The lowest BCUT2D eigenvalue weighted by Gasteiger charge is -2.33. The van der Waals surface area contributed by atoms with Gasteiger partial charge in [0.05, 0.1) is 6.61 Å². The van der Waals surface area contributed by atoms with Crippen LogP contribution in [0.25, 0.3) is 0 Å². The Labute approximate surface area is 92.8 Å². The van der Waals surface area contributed by atoms with Crippen molar-refractivity contribution in [2.75, 3.05) is 32.8 Å². The molecular weight excluding hydrogens is 188 g/mol. The molecule has 0 aromatic carbocycles. The molecule has 0 radical (unpaired) electrons. The molecule has 0 aromatic rings. The molecule has 3 nitrogen and oxygen atoms in total. The number of hydrogen-bond donors (Lipinski definition) is 2. The summed E-state index contributed by atoms with van der Waals surface area (Å²) in [5, 5.41) is 12.6. The third-order valence-electron chi connectivity index (χ3n) is 3.80. The molecule has 0 spiro atoms. The maximum Gasteiger partial charge on any atom is 0.0558 e. The van der Waals surface area contributed by atoms with Gasteiger partial charge in [-0.1, -0.05) is 6.42 Å². The van der Waals surface area contributed by atoms with Gasteiger partial charge in [-0.05, 0) is 38.1 Å². The molecule has 0 amide bonds. The molecule has 1 atom stereocenters. The Balaban J connectivity index is 1.70. The lowest BCUT2D eigenvalue weighted by molar-refractivity contribution is 0.137. The number of rotatable bonds is 6. The molecule has 0 aromatic heterocycles. The van der Waals surface area contributed by atoms with Crippen molar-refractivity contribution in [2.45, 2.75) is 38.1 Å². The third-order valence-corrected chi connectivity index (χ3v) is 3.80. The standard InChI is InChI=1S/C12H24N2O/c15-8-7-14(9-11-3-1-4-11)10-12-5-2-6-13-12/h11-13,15H,1-10H2. The van der Waals surface area contributed by atoms with Crippen LogP contribution in [-0.4, -0.2) is 48.8 Å². The first kappa shape index (κ1) is 11.4. The zero-order valence-electron chi connectivity index (χ0n) is 9.62. The highest BCUT2D eigenvalue weighted by Gasteiger charge is 2.23. The van der Waals surface area contributed by atoms with E-state index in [4.69, 9.17) is 5.11 Å². The van der Waals surface area contributed by atoms with Crippen molar-refractivity contribution in [1.82, 2.24) is 10.2 Å². The van der Waals surface area contributed by atoms with E-state index >= 15 is 0 Å². The van der Waals surface area contributed by atoms with Crippen molar-refractivity contribution in [2.24, 2.45) is 5.92 Å². The van der Waals surface area contributed by atoms with E-state index in [0.29, 0.717) is 12.6 Å². The number of hydrogen-bond acceptors (Lipinski definition) is 3. The third kappa shape index (κ3) is 3.44. The van der Waals surface area contributed by atoms with E-state index in [1.807, 2.05) is 0 Å². The second kappa shape index (κ2) is 5.83. The minimum Gasteiger partial charge on any atom is -0.395 e. The Morgan fingerprint density at radius 3 is 2.53 bits per heavy atom. The van der Waals surface area contributed by atoms with Gasteiger partial charge in [-0.15, -0.1) is 0 Å². The van der Waals surface area contributed by atoms with Crippen molar-refractivity contribution >= 4 is 0 Å². The monoisotopic (exact) mass is 212 g/mol. The highest BCUT2D eigenvalue weighted by Crippen LogP contribution is 2.27. The zero-order valence-corrected chi connectivity index (χ0v) is 9.62. The molecular formula is C12H24N2O. The summed E-state index contributed by atoms with van der Waals surface area (Å²) < 4.78 is 0. The molecule has 1 saturated carbocycles. The molecule has 1 aliphatic heterocycles. The van der Waals surface area contributed by atoms with Crippen LogP contribution in [0.4, 0.5) is 0 Å². The van der Waals surface area contributed by atoms with E-state index in [1.165, 1.54) is 45.2 Å². The summed E-state index contributed by atoms with van der Waals surface area (Å²) in [6, 6.07) is 0.677. The number of nitrogens with one attached hydrogen (secondary N) is 1. The van der Waals surface area contributed by atoms with E-state index in [1.54, 1.807) is 0 Å². The van der Waals surface area contributed by atoms with Crippen LogP contribution in [0.5, 0.6) is 0 Å². The van der Waals surface area contributed by atoms with Crippen LogP contribution < -0.4 is 5.32 Å². The highest BCUT2D eigenvalue weighted by atomic mass is 16.3. The first-order chi connectivity index (χ1) is 7.38. The van der Waals surface area contributed by atoms with E-state index < -0.39 is 0 Å². The predicted molar refractivity (Wildman–Crippen MR) is 61.9 cm³/mol. The van der Waals surface area contributed by atoms with Gasteiger partial charge in [0.15, 0.2) is 0 Å². The van der Waals surface area contributed by atoms with Gasteiger partial charge >= 0.3 is 0 Å². The normalized spacial score (nSPS) is 27.2. The fraction of sp³-hybridized carbons (Fsp3) is 1.00. The smallest absolute Gasteiger partial charge is 0.0558 e. The topological polar surface area (TPSA) is 35.5 Å². The van der Waals surface area contributed by atoms with Crippen LogP contribution in [0.15, 0.2) is 0 Å². The minimum atomic E-state index is 0.305. The predicted octanol–water partition coefficient (Wildman–Crippen LogP) is 0.833. The summed E-state index contributed by atoms with van der Waals surface area (Å²) in [4.78, 5) is 2.45. The van der Waals surface area contributed by atoms with Gasteiger partial charge in [-0.2, -0.15) is 0 Å². The van der Waals surface area contributed by atoms with Gasteiger partial charge < -0.3 is 10.4 Å². The Kier molecular flexibility index (Phi) is 4.42. The molecule has 1 heterocycles. The zero-order chi connectivity index (χ0) is 10.5. The fourth-order valence-corrected chi connectivity index (χ4v) is 2.66. The van der Waals surface area contributed by atoms with Gasteiger partial charge in [-0.25, -0.2) is 0 Å². The van der Waals surface area contributed by atoms with E-state index in [9.17, 15) is 0 Å². The maximum absolute atomic E-state index is 9.05. The summed E-state index contributed by atoms with van der Waals surface area (Å²) in [7, 11) is 0.